The minimum Gasteiger partial charge on any atom is -0.464 e. The van der Waals surface area contributed by atoms with E-state index in [0.29, 0.717) is 6.61 Å². The average molecular weight is 198 g/mol. The Morgan fingerprint density at radius 3 is 2.67 bits per heavy atom. The van der Waals surface area contributed by atoms with Gasteiger partial charge >= 0.3 is 5.97 Å². The van der Waals surface area contributed by atoms with Crippen LogP contribution in [0.4, 0.5) is 0 Å². The van der Waals surface area contributed by atoms with Crippen LogP contribution in [-0.4, -0.2) is 30.3 Å². The molecule has 1 atom stereocenters. The lowest BCUT2D eigenvalue weighted by atomic mass is 10.3. The highest BCUT2D eigenvalue weighted by Gasteiger charge is 2.12. The van der Waals surface area contributed by atoms with E-state index in [0.717, 1.165) is 12.8 Å². The van der Waals surface area contributed by atoms with Crippen molar-refractivity contribution < 1.29 is 14.6 Å². The predicted molar refractivity (Wildman–Crippen MR) is 48.2 cm³/mol. The number of ether oxygens (including phenoxy) is 1. The van der Waals surface area contributed by atoms with Crippen molar-refractivity contribution in [1.82, 2.24) is 0 Å². The zero-order chi connectivity index (χ0) is 8.69. The first-order valence-corrected chi connectivity index (χ1v) is 3.75. The van der Waals surface area contributed by atoms with Gasteiger partial charge in [0.25, 0.3) is 0 Å². The molecule has 0 aliphatic heterocycles. The highest BCUT2D eigenvalue weighted by atomic mass is 35.5. The topological polar surface area (TPSA) is 72.5 Å². The standard InChI is InChI=1S/C7H15NO3.ClH/c1-2-3-4-11-7(10)6(8)5-9;/h6,9H,2-5,8H2,1H3;1H. The molecule has 0 spiro atoms. The van der Waals surface area contributed by atoms with Gasteiger partial charge in [-0.15, -0.1) is 12.4 Å². The van der Waals surface area contributed by atoms with Crippen LogP contribution in [0.1, 0.15) is 19.8 Å². The van der Waals surface area contributed by atoms with Crippen molar-refractivity contribution in [3.63, 3.8) is 0 Å². The van der Waals surface area contributed by atoms with E-state index in [1.165, 1.54) is 0 Å². The summed E-state index contributed by atoms with van der Waals surface area (Å²) in [6.45, 7) is 2.04. The largest absolute Gasteiger partial charge is 0.464 e. The summed E-state index contributed by atoms with van der Waals surface area (Å²) in [5.74, 6) is -0.527. The minimum atomic E-state index is -0.883. The Morgan fingerprint density at radius 2 is 2.25 bits per heavy atom. The van der Waals surface area contributed by atoms with Gasteiger partial charge < -0.3 is 15.6 Å². The van der Waals surface area contributed by atoms with E-state index in [1.807, 2.05) is 6.92 Å². The number of esters is 1. The Bertz CT molecular complexity index is 121. The molecule has 3 N–H and O–H groups in total. The summed E-state index contributed by atoms with van der Waals surface area (Å²) in [6, 6.07) is -0.883. The molecule has 0 heterocycles. The molecule has 1 unspecified atom stereocenters. The van der Waals surface area contributed by atoms with Crippen LogP contribution in [0.15, 0.2) is 0 Å². The molecule has 0 saturated carbocycles. The SMILES string of the molecule is CCCCOC(=O)C(N)CO.Cl. The first kappa shape index (κ1) is 14.2. The van der Waals surface area contributed by atoms with Gasteiger partial charge in [-0.25, -0.2) is 0 Å². The van der Waals surface area contributed by atoms with Crippen molar-refractivity contribution in [2.45, 2.75) is 25.8 Å². The minimum absolute atomic E-state index is 0. The molecule has 12 heavy (non-hydrogen) atoms. The number of hydrogen-bond donors (Lipinski definition) is 2. The Hall–Kier alpha value is -0.320. The molecule has 0 fully saturated rings. The monoisotopic (exact) mass is 197 g/mol. The predicted octanol–water partition coefficient (Wildman–Crippen LogP) is 0.0711. The lowest BCUT2D eigenvalue weighted by molar-refractivity contribution is -0.146. The summed E-state index contributed by atoms with van der Waals surface area (Å²) >= 11 is 0. The molecule has 0 radical (unpaired) electrons. The third kappa shape index (κ3) is 6.39. The number of rotatable bonds is 5. The maximum absolute atomic E-state index is 10.7. The Balaban J connectivity index is 0. The van der Waals surface area contributed by atoms with Crippen LogP contribution < -0.4 is 5.73 Å². The van der Waals surface area contributed by atoms with E-state index in [9.17, 15) is 4.79 Å². The third-order valence-corrected chi connectivity index (χ3v) is 1.24. The normalized spacial score (nSPS) is 11.6. The van der Waals surface area contributed by atoms with E-state index in [1.54, 1.807) is 0 Å². The fourth-order valence-corrected chi connectivity index (χ4v) is 0.499. The van der Waals surface area contributed by atoms with Crippen molar-refractivity contribution >= 4 is 18.4 Å². The van der Waals surface area contributed by atoms with Crippen molar-refractivity contribution in [3.8, 4) is 0 Å². The molecule has 4 nitrogen and oxygen atoms in total. The van der Waals surface area contributed by atoms with Crippen molar-refractivity contribution in [2.24, 2.45) is 5.73 Å². The number of nitrogens with two attached hydrogens (primary N) is 1. The Kier molecular flexibility index (Phi) is 10.4. The second-order valence-corrected chi connectivity index (χ2v) is 2.31. The van der Waals surface area contributed by atoms with Gasteiger partial charge in [0, 0.05) is 0 Å². The number of carbonyl (C=O) groups excluding carboxylic acids is 1. The number of hydrogen-bond acceptors (Lipinski definition) is 4. The summed E-state index contributed by atoms with van der Waals surface area (Å²) in [7, 11) is 0. The summed E-state index contributed by atoms with van der Waals surface area (Å²) < 4.78 is 4.71. The van der Waals surface area contributed by atoms with E-state index in [4.69, 9.17) is 15.6 Å². The van der Waals surface area contributed by atoms with Crippen molar-refractivity contribution in [3.05, 3.63) is 0 Å². The second kappa shape index (κ2) is 8.77. The van der Waals surface area contributed by atoms with Crippen LogP contribution in [0.2, 0.25) is 0 Å². The maximum atomic E-state index is 10.7. The molecule has 74 valence electrons. The zero-order valence-electron chi connectivity index (χ0n) is 7.16. The van der Waals surface area contributed by atoms with E-state index < -0.39 is 12.0 Å². The van der Waals surface area contributed by atoms with Gasteiger partial charge in [0.1, 0.15) is 6.04 Å². The van der Waals surface area contributed by atoms with Crippen LogP contribution in [0.3, 0.4) is 0 Å². The maximum Gasteiger partial charge on any atom is 0.325 e. The number of aliphatic hydroxyl groups is 1. The molecule has 0 saturated heterocycles. The van der Waals surface area contributed by atoms with Crippen LogP contribution in [0.25, 0.3) is 0 Å². The van der Waals surface area contributed by atoms with Crippen LogP contribution in [0.5, 0.6) is 0 Å². The summed E-state index contributed by atoms with van der Waals surface area (Å²) in [5, 5.41) is 8.44. The van der Waals surface area contributed by atoms with Crippen molar-refractivity contribution in [2.75, 3.05) is 13.2 Å². The molecule has 5 heteroatoms. The molecular weight excluding hydrogens is 182 g/mol. The lowest BCUT2D eigenvalue weighted by Gasteiger charge is -2.07. The number of carbonyl (C=O) groups is 1. The second-order valence-electron chi connectivity index (χ2n) is 2.31. The fourth-order valence-electron chi connectivity index (χ4n) is 0.499. The van der Waals surface area contributed by atoms with Gasteiger partial charge in [-0.05, 0) is 6.42 Å². The number of aliphatic hydroxyl groups excluding tert-OH is 1. The van der Waals surface area contributed by atoms with E-state index >= 15 is 0 Å². The zero-order valence-corrected chi connectivity index (χ0v) is 7.97. The smallest absolute Gasteiger partial charge is 0.325 e. The first-order chi connectivity index (χ1) is 5.22. The van der Waals surface area contributed by atoms with Crippen LogP contribution >= 0.6 is 12.4 Å². The molecule has 0 aromatic heterocycles. The molecule has 0 rings (SSSR count). The summed E-state index contributed by atoms with van der Waals surface area (Å²) in [5.41, 5.74) is 5.17. The molecule has 0 aromatic carbocycles. The van der Waals surface area contributed by atoms with Gasteiger partial charge in [-0.3, -0.25) is 4.79 Å². The van der Waals surface area contributed by atoms with Gasteiger partial charge in [-0.1, -0.05) is 13.3 Å². The molecule has 0 bridgehead atoms. The summed E-state index contributed by atoms with van der Waals surface area (Å²) in [6.07, 6.45) is 1.81. The van der Waals surface area contributed by atoms with E-state index in [-0.39, 0.29) is 19.0 Å². The molecular formula is C7H16ClNO3. The molecule has 0 aliphatic carbocycles. The lowest BCUT2D eigenvalue weighted by Crippen LogP contribution is -2.35. The average Bonchev–Trinajstić information content (AvgIpc) is 2.03. The quantitative estimate of drug-likeness (QED) is 0.483. The molecule has 0 amide bonds. The Morgan fingerprint density at radius 1 is 1.67 bits per heavy atom. The van der Waals surface area contributed by atoms with Crippen LogP contribution in [-0.2, 0) is 9.53 Å². The summed E-state index contributed by atoms with van der Waals surface area (Å²) in [4.78, 5) is 10.7. The highest BCUT2D eigenvalue weighted by molar-refractivity contribution is 5.85. The first-order valence-electron chi connectivity index (χ1n) is 3.75. The van der Waals surface area contributed by atoms with Gasteiger partial charge in [0.05, 0.1) is 13.2 Å². The highest BCUT2D eigenvalue weighted by Crippen LogP contribution is 1.90. The van der Waals surface area contributed by atoms with E-state index in [2.05, 4.69) is 0 Å². The third-order valence-electron chi connectivity index (χ3n) is 1.24. The van der Waals surface area contributed by atoms with Crippen molar-refractivity contribution in [1.29, 1.82) is 0 Å². The number of halogens is 1. The fraction of sp³-hybridized carbons (Fsp3) is 0.857. The number of unbranched alkanes of at least 4 members (excludes halogenated alkanes) is 1. The molecule has 0 aliphatic rings. The van der Waals surface area contributed by atoms with Gasteiger partial charge in [-0.2, -0.15) is 0 Å². The van der Waals surface area contributed by atoms with Crippen LogP contribution in [0, 0.1) is 0 Å². The Labute approximate surface area is 78.5 Å². The van der Waals surface area contributed by atoms with Gasteiger partial charge in [0.15, 0.2) is 0 Å². The molecule has 0 aromatic rings. The van der Waals surface area contributed by atoms with Gasteiger partial charge in [0.2, 0.25) is 0 Å².